The topological polar surface area (TPSA) is 139 Å². The number of hydrogen-bond acceptors (Lipinski definition) is 9. The lowest BCUT2D eigenvalue weighted by atomic mass is 9.77. The summed E-state index contributed by atoms with van der Waals surface area (Å²) in [7, 11) is 0. The first-order valence-corrected chi connectivity index (χ1v) is 18.1. The van der Waals surface area contributed by atoms with E-state index in [4.69, 9.17) is 4.74 Å². The first-order chi connectivity index (χ1) is 22.2. The van der Waals surface area contributed by atoms with E-state index in [1.165, 1.54) is 0 Å². The predicted molar refractivity (Wildman–Crippen MR) is 189 cm³/mol. The van der Waals surface area contributed by atoms with Crippen LogP contribution in [-0.4, -0.2) is 57.0 Å². The van der Waals surface area contributed by atoms with E-state index in [-0.39, 0.29) is 67.5 Å². The second kappa shape index (κ2) is 17.7. The summed E-state index contributed by atoms with van der Waals surface area (Å²) in [5.74, 6) is -3.62. The van der Waals surface area contributed by atoms with Crippen LogP contribution in [-0.2, 0) is 28.7 Å². The number of Topliss-reactive ketones (excluding diaryl/α,β-unsaturated/α-hetero) is 4. The highest BCUT2D eigenvalue weighted by Gasteiger charge is 2.63. The van der Waals surface area contributed by atoms with Gasteiger partial charge in [-0.3, -0.25) is 24.0 Å². The average molecular weight is 673 g/mol. The van der Waals surface area contributed by atoms with Gasteiger partial charge >= 0.3 is 5.97 Å². The zero-order chi connectivity index (χ0) is 36.4. The molecular weight excluding hydrogens is 608 g/mol. The molecule has 272 valence electrons. The van der Waals surface area contributed by atoms with Crippen LogP contribution in [0.5, 0.6) is 0 Å². The van der Waals surface area contributed by atoms with Gasteiger partial charge in [0.2, 0.25) is 5.78 Å². The van der Waals surface area contributed by atoms with Gasteiger partial charge in [0.25, 0.3) is 0 Å². The third kappa shape index (κ3) is 12.9. The van der Waals surface area contributed by atoms with Crippen LogP contribution in [0.4, 0.5) is 0 Å². The molecule has 2 rings (SSSR count). The zero-order valence-corrected chi connectivity index (χ0v) is 31.0. The van der Waals surface area contributed by atoms with Gasteiger partial charge in [-0.2, -0.15) is 0 Å². The molecule has 6 unspecified atom stereocenters. The molecule has 2 aliphatic carbocycles. The Kier molecular flexibility index (Phi) is 15.3. The van der Waals surface area contributed by atoms with Gasteiger partial charge in [0, 0.05) is 49.0 Å². The number of aliphatic hydroxyl groups is 1. The molecule has 2 aliphatic rings. The standard InChI is InChI=1S/C39H64N2O7/c1-11-13-18-27(36(46)30(42)21-17-22-33(45)48-38(7,8)9)23-31(43)28(34-29(12-2)39(34,10)47)24-32(44)35(26-19-15-14-16-20-26)40-25(3)41-37(4,5)6/h11,26-29,34-35,40-41,47H,1,3,12-24H2,2,4-10H3. The number of rotatable bonds is 21. The van der Waals surface area contributed by atoms with E-state index in [0.717, 1.165) is 32.1 Å². The maximum absolute atomic E-state index is 14.2. The molecule has 9 heteroatoms. The smallest absolute Gasteiger partial charge is 0.306 e. The monoisotopic (exact) mass is 672 g/mol. The van der Waals surface area contributed by atoms with Crippen LogP contribution in [0.3, 0.4) is 0 Å². The van der Waals surface area contributed by atoms with Gasteiger partial charge in [-0.15, -0.1) is 6.58 Å². The van der Waals surface area contributed by atoms with Crippen molar-refractivity contribution in [2.45, 2.75) is 162 Å². The molecule has 0 radical (unpaired) electrons. The fourth-order valence-corrected chi connectivity index (χ4v) is 7.54. The van der Waals surface area contributed by atoms with Crippen molar-refractivity contribution in [1.82, 2.24) is 10.6 Å². The van der Waals surface area contributed by atoms with Crippen molar-refractivity contribution < 1.29 is 33.8 Å². The van der Waals surface area contributed by atoms with Gasteiger partial charge in [0.1, 0.15) is 11.4 Å². The van der Waals surface area contributed by atoms with Gasteiger partial charge < -0.3 is 20.5 Å². The highest BCUT2D eigenvalue weighted by atomic mass is 16.6. The number of hydrogen-bond donors (Lipinski definition) is 3. The minimum absolute atomic E-state index is 0.0137. The van der Waals surface area contributed by atoms with Crippen molar-refractivity contribution in [3.63, 3.8) is 0 Å². The molecule has 2 saturated carbocycles. The molecule has 0 aromatic rings. The second-order valence-electron chi connectivity index (χ2n) is 16.4. The molecule has 0 heterocycles. The van der Waals surface area contributed by atoms with E-state index in [9.17, 15) is 29.1 Å². The number of carbonyl (C=O) groups excluding carboxylic acids is 5. The summed E-state index contributed by atoms with van der Waals surface area (Å²) in [5, 5.41) is 17.9. The van der Waals surface area contributed by atoms with Crippen LogP contribution in [0, 0.1) is 29.6 Å². The Hall–Kier alpha value is -2.81. The van der Waals surface area contributed by atoms with Gasteiger partial charge in [-0.25, -0.2) is 0 Å². The van der Waals surface area contributed by atoms with Crippen molar-refractivity contribution in [3.05, 3.63) is 25.1 Å². The highest BCUT2D eigenvalue weighted by molar-refractivity contribution is 6.38. The maximum Gasteiger partial charge on any atom is 0.306 e. The molecule has 48 heavy (non-hydrogen) atoms. The van der Waals surface area contributed by atoms with Crippen molar-refractivity contribution in [2.24, 2.45) is 29.6 Å². The molecular formula is C39H64N2O7. The number of allylic oxidation sites excluding steroid dienone is 1. The molecule has 0 saturated heterocycles. The van der Waals surface area contributed by atoms with Crippen molar-refractivity contribution >= 4 is 29.1 Å². The number of ether oxygens (including phenoxy) is 1. The van der Waals surface area contributed by atoms with Crippen LogP contribution in [0.25, 0.3) is 0 Å². The Bertz CT molecular complexity index is 1170. The molecule has 0 aliphatic heterocycles. The molecule has 0 bridgehead atoms. The first-order valence-electron chi connectivity index (χ1n) is 18.1. The maximum atomic E-state index is 14.2. The van der Waals surface area contributed by atoms with Crippen molar-refractivity contribution in [2.75, 3.05) is 0 Å². The second-order valence-corrected chi connectivity index (χ2v) is 16.4. The largest absolute Gasteiger partial charge is 0.460 e. The minimum atomic E-state index is -1.10. The predicted octanol–water partition coefficient (Wildman–Crippen LogP) is 6.56. The van der Waals surface area contributed by atoms with E-state index < -0.39 is 52.5 Å². The molecule has 2 fully saturated rings. The van der Waals surface area contributed by atoms with Gasteiger partial charge in [-0.1, -0.05) is 45.3 Å². The highest BCUT2D eigenvalue weighted by Crippen LogP contribution is 2.57. The molecule has 0 spiro atoms. The number of esters is 1. The van der Waals surface area contributed by atoms with Crippen molar-refractivity contribution in [3.8, 4) is 0 Å². The Morgan fingerprint density at radius 2 is 1.60 bits per heavy atom. The van der Waals surface area contributed by atoms with Crippen LogP contribution in [0.1, 0.15) is 139 Å². The molecule has 6 atom stereocenters. The SMILES string of the molecule is C=CCCC(CC(=O)C(CC(=O)C(NC(=C)NC(C)(C)C)C1CCCCC1)C1C(CC)C1(C)O)C(=O)C(=O)CCCC(=O)OC(C)(C)C. The summed E-state index contributed by atoms with van der Waals surface area (Å²) < 4.78 is 5.30. The van der Waals surface area contributed by atoms with E-state index >= 15 is 0 Å². The summed E-state index contributed by atoms with van der Waals surface area (Å²) in [5.41, 5.74) is -2.00. The number of nitrogens with one attached hydrogen (secondary N) is 2. The summed E-state index contributed by atoms with van der Waals surface area (Å²) in [6, 6.07) is -0.531. The minimum Gasteiger partial charge on any atom is -0.460 e. The Balaban J connectivity index is 2.27. The Morgan fingerprint density at radius 3 is 2.12 bits per heavy atom. The van der Waals surface area contributed by atoms with Crippen LogP contribution < -0.4 is 10.6 Å². The zero-order valence-electron chi connectivity index (χ0n) is 31.0. The summed E-state index contributed by atoms with van der Waals surface area (Å²) in [6.45, 7) is 22.9. The van der Waals surface area contributed by atoms with Gasteiger partial charge in [0.15, 0.2) is 11.6 Å². The fraction of sp³-hybridized carbons (Fsp3) is 0.769. The quantitative estimate of drug-likeness (QED) is 0.0703. The van der Waals surface area contributed by atoms with E-state index in [1.54, 1.807) is 33.8 Å². The van der Waals surface area contributed by atoms with Crippen LogP contribution in [0.15, 0.2) is 25.1 Å². The molecule has 0 amide bonds. The average Bonchev–Trinajstić information content (AvgIpc) is 3.53. The summed E-state index contributed by atoms with van der Waals surface area (Å²) in [6.07, 6.45) is 7.84. The molecule has 3 N–H and O–H groups in total. The third-order valence-electron chi connectivity index (χ3n) is 9.80. The van der Waals surface area contributed by atoms with Crippen LogP contribution in [0.2, 0.25) is 0 Å². The van der Waals surface area contributed by atoms with E-state index in [2.05, 4.69) is 23.8 Å². The summed E-state index contributed by atoms with van der Waals surface area (Å²) >= 11 is 0. The third-order valence-corrected chi connectivity index (χ3v) is 9.80. The molecule has 9 nitrogen and oxygen atoms in total. The van der Waals surface area contributed by atoms with Gasteiger partial charge in [0.05, 0.1) is 17.5 Å². The van der Waals surface area contributed by atoms with E-state index in [1.807, 2.05) is 27.7 Å². The number of carbonyl (C=O) groups is 5. The van der Waals surface area contributed by atoms with Gasteiger partial charge in [-0.05, 0) is 92.4 Å². The first kappa shape index (κ1) is 41.4. The molecule has 0 aromatic heterocycles. The Morgan fingerprint density at radius 1 is 0.979 bits per heavy atom. The van der Waals surface area contributed by atoms with Crippen LogP contribution >= 0.6 is 0 Å². The van der Waals surface area contributed by atoms with E-state index in [0.29, 0.717) is 18.7 Å². The number of ketones is 4. The summed E-state index contributed by atoms with van der Waals surface area (Å²) in [4.78, 5) is 66.9. The normalized spacial score (nSPS) is 23.3. The van der Waals surface area contributed by atoms with Crippen molar-refractivity contribution in [1.29, 1.82) is 0 Å². The Labute approximate surface area is 289 Å². The lowest BCUT2D eigenvalue weighted by molar-refractivity contribution is -0.155. The fourth-order valence-electron chi connectivity index (χ4n) is 7.54. The molecule has 0 aromatic carbocycles. The lowest BCUT2D eigenvalue weighted by Crippen LogP contribution is -2.49. The lowest BCUT2D eigenvalue weighted by Gasteiger charge is -2.34.